The Balaban J connectivity index is 0.000000448. The Morgan fingerprint density at radius 3 is 2.08 bits per heavy atom. The number of ether oxygens (including phenoxy) is 1. The second-order valence-electron chi connectivity index (χ2n) is 4.93. The Morgan fingerprint density at radius 2 is 1.64 bits per heavy atom. The minimum absolute atomic E-state index is 0. The van der Waals surface area contributed by atoms with Crippen LogP contribution in [0.15, 0.2) is 84.3 Å². The number of rotatable bonds is 2. The van der Waals surface area contributed by atoms with Crippen LogP contribution in [0.5, 0.6) is 0 Å². The van der Waals surface area contributed by atoms with Crippen LogP contribution in [0, 0.1) is 0 Å². The normalized spacial score (nSPS) is 14.8. The first-order valence-electron chi connectivity index (χ1n) is 7.13. The summed E-state index contributed by atoms with van der Waals surface area (Å²) >= 11 is 0. The van der Waals surface area contributed by atoms with Crippen molar-refractivity contribution in [3.8, 4) is 0 Å². The summed E-state index contributed by atoms with van der Waals surface area (Å²) < 4.78 is 41.9. The Kier molecular flexibility index (Phi) is 7.68. The van der Waals surface area contributed by atoms with E-state index < -0.39 is 11.7 Å². The molecule has 0 atom stereocenters. The van der Waals surface area contributed by atoms with E-state index in [2.05, 4.69) is 4.74 Å². The molecule has 1 aliphatic carbocycles. The van der Waals surface area contributed by atoms with Gasteiger partial charge in [0.15, 0.2) is 0 Å². The second-order valence-corrected chi connectivity index (χ2v) is 4.93. The Labute approximate surface area is 154 Å². The number of benzene rings is 1. The van der Waals surface area contributed by atoms with Crippen LogP contribution >= 0.6 is 0 Å². The van der Waals surface area contributed by atoms with Gasteiger partial charge in [0, 0.05) is 17.1 Å². The van der Waals surface area contributed by atoms with Crippen LogP contribution in [0.4, 0.5) is 13.2 Å². The van der Waals surface area contributed by atoms with E-state index >= 15 is 0 Å². The van der Waals surface area contributed by atoms with Crippen LogP contribution in [0.2, 0.25) is 0 Å². The zero-order valence-electron chi connectivity index (χ0n) is 13.3. The monoisotopic (exact) mass is 389 g/mol. The third-order valence-electron chi connectivity index (χ3n) is 3.29. The molecule has 0 unspecified atom stereocenters. The third kappa shape index (κ3) is 5.92. The van der Waals surface area contributed by atoms with Gasteiger partial charge in [-0.1, -0.05) is 18.2 Å². The molecular formula is C19H16F3FeO2-. The molecule has 0 radical (unpaired) electrons. The zero-order valence-corrected chi connectivity index (χ0v) is 14.4. The van der Waals surface area contributed by atoms with Gasteiger partial charge in [-0.05, 0) is 35.4 Å². The van der Waals surface area contributed by atoms with Crippen molar-refractivity contribution in [3.05, 3.63) is 95.5 Å². The molecule has 1 aliphatic rings. The molecule has 0 spiro atoms. The number of aliphatic hydroxyl groups is 1. The first-order valence-corrected chi connectivity index (χ1v) is 7.13. The van der Waals surface area contributed by atoms with Crippen molar-refractivity contribution in [1.82, 2.24) is 0 Å². The van der Waals surface area contributed by atoms with Gasteiger partial charge >= 0.3 is 6.18 Å². The topological polar surface area (TPSA) is 29.5 Å². The van der Waals surface area contributed by atoms with Crippen molar-refractivity contribution >= 4 is 5.57 Å². The minimum Gasteiger partial charge on any atom is -0.481 e. The maximum Gasteiger partial charge on any atom is 0.416 e. The SMILES string of the molecule is CO/C(O)=C1\C=CC(c2ccc(C(F)(F)F)cc2)=C1.[Fe].c1cc[cH-]c1. The third-order valence-corrected chi connectivity index (χ3v) is 3.29. The molecule has 0 bridgehead atoms. The first-order chi connectivity index (χ1) is 11.4. The smallest absolute Gasteiger partial charge is 0.416 e. The molecule has 0 saturated heterocycles. The number of alkyl halides is 3. The molecule has 3 rings (SSSR count). The van der Waals surface area contributed by atoms with Gasteiger partial charge in [-0.25, -0.2) is 12.1 Å². The molecule has 134 valence electrons. The zero-order chi connectivity index (χ0) is 17.6. The van der Waals surface area contributed by atoms with Gasteiger partial charge in [0.2, 0.25) is 0 Å². The van der Waals surface area contributed by atoms with E-state index in [1.165, 1.54) is 19.2 Å². The van der Waals surface area contributed by atoms with Crippen LogP contribution in [0.1, 0.15) is 11.1 Å². The van der Waals surface area contributed by atoms with E-state index in [0.717, 1.165) is 12.1 Å². The predicted octanol–water partition coefficient (Wildman–Crippen LogP) is 5.48. The fourth-order valence-electron chi connectivity index (χ4n) is 2.05. The number of hydrogen-bond acceptors (Lipinski definition) is 2. The number of aliphatic hydroxyl groups excluding tert-OH is 1. The molecule has 2 nitrogen and oxygen atoms in total. The quantitative estimate of drug-likeness (QED) is 0.419. The number of halogens is 3. The molecule has 25 heavy (non-hydrogen) atoms. The maximum absolute atomic E-state index is 12.4. The van der Waals surface area contributed by atoms with Crippen LogP contribution in [-0.4, -0.2) is 12.2 Å². The molecule has 2 aromatic rings. The summed E-state index contributed by atoms with van der Waals surface area (Å²) in [5.41, 5.74) is 1.15. The van der Waals surface area contributed by atoms with Gasteiger partial charge < -0.3 is 9.84 Å². The average molecular weight is 389 g/mol. The Bertz CT molecular complexity index is 723. The van der Waals surface area contributed by atoms with Crippen molar-refractivity contribution in [2.75, 3.05) is 7.11 Å². The van der Waals surface area contributed by atoms with Gasteiger partial charge in [0.05, 0.1) is 18.2 Å². The van der Waals surface area contributed by atoms with E-state index in [9.17, 15) is 18.3 Å². The minimum atomic E-state index is -4.34. The molecule has 0 heterocycles. The van der Waals surface area contributed by atoms with Crippen molar-refractivity contribution in [2.45, 2.75) is 6.18 Å². The summed E-state index contributed by atoms with van der Waals surface area (Å²) in [4.78, 5) is 0. The average Bonchev–Trinajstić information content (AvgIpc) is 3.27. The molecule has 0 saturated carbocycles. The fourth-order valence-corrected chi connectivity index (χ4v) is 2.05. The van der Waals surface area contributed by atoms with Crippen molar-refractivity contribution in [1.29, 1.82) is 0 Å². The molecule has 0 fully saturated rings. The summed E-state index contributed by atoms with van der Waals surface area (Å²) in [5.74, 6) is -0.224. The van der Waals surface area contributed by atoms with Gasteiger partial charge in [0.25, 0.3) is 5.95 Å². The van der Waals surface area contributed by atoms with Crippen molar-refractivity contribution in [3.63, 3.8) is 0 Å². The maximum atomic E-state index is 12.4. The van der Waals surface area contributed by atoms with Crippen LogP contribution in [0.25, 0.3) is 5.57 Å². The van der Waals surface area contributed by atoms with E-state index in [1.807, 2.05) is 30.3 Å². The van der Waals surface area contributed by atoms with Gasteiger partial charge in [-0.3, -0.25) is 0 Å². The van der Waals surface area contributed by atoms with Gasteiger partial charge in [-0.2, -0.15) is 31.4 Å². The van der Waals surface area contributed by atoms with Gasteiger partial charge in [0.1, 0.15) is 0 Å². The number of hydrogen-bond donors (Lipinski definition) is 1. The van der Waals surface area contributed by atoms with Crippen molar-refractivity contribution < 1.29 is 40.1 Å². The summed E-state index contributed by atoms with van der Waals surface area (Å²) in [5, 5.41) is 9.39. The summed E-state index contributed by atoms with van der Waals surface area (Å²) in [6.07, 6.45) is 0.637. The second kappa shape index (κ2) is 9.25. The molecule has 0 aromatic heterocycles. The van der Waals surface area contributed by atoms with Crippen LogP contribution < -0.4 is 0 Å². The molecule has 0 amide bonds. The van der Waals surface area contributed by atoms with E-state index in [0.29, 0.717) is 16.7 Å². The van der Waals surface area contributed by atoms with E-state index in [-0.39, 0.29) is 23.0 Å². The summed E-state index contributed by atoms with van der Waals surface area (Å²) in [7, 11) is 1.33. The van der Waals surface area contributed by atoms with Crippen molar-refractivity contribution in [2.24, 2.45) is 0 Å². The summed E-state index contributed by atoms with van der Waals surface area (Å²) in [6.45, 7) is 0. The first kappa shape index (κ1) is 20.7. The predicted molar refractivity (Wildman–Crippen MR) is 87.3 cm³/mol. The number of methoxy groups -OCH3 is 1. The summed E-state index contributed by atoms with van der Waals surface area (Å²) in [6, 6.07) is 14.8. The van der Waals surface area contributed by atoms with E-state index in [4.69, 9.17) is 0 Å². The fraction of sp³-hybridized carbons (Fsp3) is 0.105. The molecule has 0 aliphatic heterocycles. The van der Waals surface area contributed by atoms with Gasteiger partial charge in [-0.15, -0.1) is 0 Å². The Morgan fingerprint density at radius 1 is 1.04 bits per heavy atom. The largest absolute Gasteiger partial charge is 0.481 e. The van der Waals surface area contributed by atoms with Crippen LogP contribution in [0.3, 0.4) is 0 Å². The van der Waals surface area contributed by atoms with Crippen LogP contribution in [-0.2, 0) is 28.0 Å². The number of allylic oxidation sites excluding steroid dienone is 5. The molecule has 1 N–H and O–H groups in total. The Hall–Kier alpha value is -2.30. The molecule has 2 aromatic carbocycles. The van der Waals surface area contributed by atoms with E-state index in [1.54, 1.807) is 18.2 Å². The molecule has 6 heteroatoms. The standard InChI is InChI=1S/C14H11F3O2.C5H5.Fe/c1-19-13(18)11-3-2-10(8-11)9-4-6-12(7-5-9)14(15,16)17;1-2-4-5-3-1;/h2-8,18H,1H3;1-5H;/q;-1;/b13-11+;;. The molecular weight excluding hydrogens is 373 g/mol.